The lowest BCUT2D eigenvalue weighted by atomic mass is 10.2. The van der Waals surface area contributed by atoms with Crippen molar-refractivity contribution in [3.63, 3.8) is 0 Å². The molecule has 0 unspecified atom stereocenters. The summed E-state index contributed by atoms with van der Waals surface area (Å²) < 4.78 is 2.19. The van der Waals surface area contributed by atoms with Gasteiger partial charge in [-0.05, 0) is 19.4 Å². The quantitative estimate of drug-likeness (QED) is 0.543. The van der Waals surface area contributed by atoms with Gasteiger partial charge in [0.05, 0.1) is 0 Å². The summed E-state index contributed by atoms with van der Waals surface area (Å²) in [5.74, 6) is 0. The van der Waals surface area contributed by atoms with Gasteiger partial charge in [0, 0.05) is 11.6 Å². The summed E-state index contributed by atoms with van der Waals surface area (Å²) >= 11 is 0. The number of rotatable bonds is 2. The molecular weight excluding hydrogens is 122 g/mol. The van der Waals surface area contributed by atoms with Gasteiger partial charge in [-0.2, -0.15) is 0 Å². The smallest absolute Gasteiger partial charge is 0.171 e. The van der Waals surface area contributed by atoms with Gasteiger partial charge in [-0.15, -0.1) is 0 Å². The van der Waals surface area contributed by atoms with Crippen molar-refractivity contribution in [1.82, 2.24) is 0 Å². The zero-order chi connectivity index (χ0) is 7.40. The molecule has 1 heteroatoms. The van der Waals surface area contributed by atoms with E-state index in [4.69, 9.17) is 0 Å². The Balaban J connectivity index is 2.87. The van der Waals surface area contributed by atoms with E-state index in [1.165, 1.54) is 5.56 Å². The normalized spacial score (nSPS) is 9.80. The van der Waals surface area contributed by atoms with Gasteiger partial charge in [0.15, 0.2) is 12.4 Å². The van der Waals surface area contributed by atoms with Crippen molar-refractivity contribution in [3.8, 4) is 0 Å². The molecule has 1 rings (SSSR count). The Hall–Kier alpha value is -0.850. The Labute approximate surface area is 62.3 Å². The standard InChI is InChI=1S/C9H14N/c1-3-9-6-5-7-10(4-2)8-9/h5-8H,3-4H2,1-2H3/q+1. The Morgan fingerprint density at radius 1 is 1.40 bits per heavy atom. The average molecular weight is 136 g/mol. The molecule has 0 aliphatic carbocycles. The van der Waals surface area contributed by atoms with E-state index in [2.05, 4.69) is 42.9 Å². The molecule has 0 amide bonds. The second-order valence-electron chi connectivity index (χ2n) is 2.40. The molecule has 0 fully saturated rings. The van der Waals surface area contributed by atoms with Crippen molar-refractivity contribution in [2.75, 3.05) is 0 Å². The molecule has 0 aliphatic rings. The lowest BCUT2D eigenvalue weighted by Crippen LogP contribution is -2.31. The van der Waals surface area contributed by atoms with Crippen LogP contribution in [-0.2, 0) is 13.0 Å². The first kappa shape index (κ1) is 7.26. The molecule has 1 heterocycles. The van der Waals surface area contributed by atoms with E-state index >= 15 is 0 Å². The third-order valence-electron chi connectivity index (χ3n) is 1.69. The summed E-state index contributed by atoms with van der Waals surface area (Å²) in [6.45, 7) is 5.39. The third kappa shape index (κ3) is 1.56. The zero-order valence-electron chi connectivity index (χ0n) is 6.67. The van der Waals surface area contributed by atoms with Crippen LogP contribution in [-0.4, -0.2) is 0 Å². The minimum Gasteiger partial charge on any atom is -0.205 e. The number of pyridine rings is 1. The summed E-state index contributed by atoms with van der Waals surface area (Å²) in [4.78, 5) is 0. The second-order valence-corrected chi connectivity index (χ2v) is 2.40. The van der Waals surface area contributed by atoms with Crippen LogP contribution in [0.2, 0.25) is 0 Å². The molecule has 1 aromatic heterocycles. The van der Waals surface area contributed by atoms with Crippen molar-refractivity contribution < 1.29 is 4.57 Å². The molecule has 0 bridgehead atoms. The zero-order valence-corrected chi connectivity index (χ0v) is 6.67. The first-order chi connectivity index (χ1) is 4.86. The van der Waals surface area contributed by atoms with Crippen molar-refractivity contribution in [2.24, 2.45) is 0 Å². The highest BCUT2D eigenvalue weighted by Gasteiger charge is 1.95. The van der Waals surface area contributed by atoms with Gasteiger partial charge in [0.1, 0.15) is 6.54 Å². The lowest BCUT2D eigenvalue weighted by Gasteiger charge is -1.93. The van der Waals surface area contributed by atoms with Crippen LogP contribution in [0.4, 0.5) is 0 Å². The van der Waals surface area contributed by atoms with Gasteiger partial charge in [-0.25, -0.2) is 4.57 Å². The van der Waals surface area contributed by atoms with E-state index < -0.39 is 0 Å². The molecule has 1 nitrogen and oxygen atoms in total. The van der Waals surface area contributed by atoms with Crippen LogP contribution in [0.25, 0.3) is 0 Å². The Morgan fingerprint density at radius 3 is 2.80 bits per heavy atom. The van der Waals surface area contributed by atoms with Crippen molar-refractivity contribution >= 4 is 0 Å². The Kier molecular flexibility index (Phi) is 2.43. The molecular formula is C9H14N+. The van der Waals surface area contributed by atoms with Crippen LogP contribution in [0.3, 0.4) is 0 Å². The fourth-order valence-electron chi connectivity index (χ4n) is 0.982. The second kappa shape index (κ2) is 3.35. The molecule has 0 aliphatic heterocycles. The van der Waals surface area contributed by atoms with E-state index in [0.717, 1.165) is 13.0 Å². The number of nitrogens with zero attached hydrogens (tertiary/aromatic N) is 1. The maximum atomic E-state index is 2.19. The molecule has 0 spiro atoms. The van der Waals surface area contributed by atoms with Gasteiger partial charge < -0.3 is 0 Å². The van der Waals surface area contributed by atoms with Crippen LogP contribution >= 0.6 is 0 Å². The van der Waals surface area contributed by atoms with Gasteiger partial charge >= 0.3 is 0 Å². The lowest BCUT2D eigenvalue weighted by molar-refractivity contribution is -0.693. The topological polar surface area (TPSA) is 3.88 Å². The monoisotopic (exact) mass is 136 g/mol. The van der Waals surface area contributed by atoms with E-state index in [0.29, 0.717) is 0 Å². The minimum absolute atomic E-state index is 1.06. The van der Waals surface area contributed by atoms with Gasteiger partial charge in [-0.3, -0.25) is 0 Å². The van der Waals surface area contributed by atoms with E-state index in [9.17, 15) is 0 Å². The third-order valence-corrected chi connectivity index (χ3v) is 1.69. The molecule has 10 heavy (non-hydrogen) atoms. The predicted octanol–water partition coefficient (Wildman–Crippen LogP) is 1.56. The van der Waals surface area contributed by atoms with Crippen LogP contribution < -0.4 is 4.57 Å². The average Bonchev–Trinajstić information content (AvgIpc) is 2.05. The molecule has 0 N–H and O–H groups in total. The Bertz CT molecular complexity index is 186. The van der Waals surface area contributed by atoms with Crippen molar-refractivity contribution in [3.05, 3.63) is 30.1 Å². The van der Waals surface area contributed by atoms with Gasteiger partial charge in [0.25, 0.3) is 0 Å². The summed E-state index contributed by atoms with van der Waals surface area (Å²) in [5.41, 5.74) is 1.41. The maximum absolute atomic E-state index is 2.19. The summed E-state index contributed by atoms with van der Waals surface area (Å²) in [7, 11) is 0. The van der Waals surface area contributed by atoms with Crippen LogP contribution in [0.5, 0.6) is 0 Å². The van der Waals surface area contributed by atoms with Crippen molar-refractivity contribution in [2.45, 2.75) is 26.8 Å². The molecule has 0 saturated carbocycles. The summed E-state index contributed by atoms with van der Waals surface area (Å²) in [6.07, 6.45) is 5.42. The fourth-order valence-corrected chi connectivity index (χ4v) is 0.982. The molecule has 0 aromatic carbocycles. The predicted molar refractivity (Wildman–Crippen MR) is 41.7 cm³/mol. The minimum atomic E-state index is 1.06. The van der Waals surface area contributed by atoms with Crippen molar-refractivity contribution in [1.29, 1.82) is 0 Å². The maximum Gasteiger partial charge on any atom is 0.171 e. The first-order valence-corrected chi connectivity index (χ1v) is 3.84. The van der Waals surface area contributed by atoms with E-state index in [1.54, 1.807) is 0 Å². The first-order valence-electron chi connectivity index (χ1n) is 3.84. The highest BCUT2D eigenvalue weighted by atomic mass is 14.9. The molecule has 0 atom stereocenters. The molecule has 54 valence electrons. The van der Waals surface area contributed by atoms with Gasteiger partial charge in [-0.1, -0.05) is 6.92 Å². The molecule has 0 radical (unpaired) electrons. The molecule has 0 saturated heterocycles. The van der Waals surface area contributed by atoms with E-state index in [1.807, 2.05) is 0 Å². The summed E-state index contributed by atoms with van der Waals surface area (Å²) in [6, 6.07) is 4.26. The molecule has 1 aromatic rings. The van der Waals surface area contributed by atoms with Crippen LogP contribution in [0.1, 0.15) is 19.4 Å². The van der Waals surface area contributed by atoms with Crippen LogP contribution in [0, 0.1) is 0 Å². The number of hydrogen-bond acceptors (Lipinski definition) is 0. The number of aryl methyl sites for hydroxylation is 2. The largest absolute Gasteiger partial charge is 0.205 e. The highest BCUT2D eigenvalue weighted by Crippen LogP contribution is 1.93. The fraction of sp³-hybridized carbons (Fsp3) is 0.444. The Morgan fingerprint density at radius 2 is 2.20 bits per heavy atom. The number of aromatic nitrogens is 1. The number of hydrogen-bond donors (Lipinski definition) is 0. The van der Waals surface area contributed by atoms with E-state index in [-0.39, 0.29) is 0 Å². The summed E-state index contributed by atoms with van der Waals surface area (Å²) in [5, 5.41) is 0. The van der Waals surface area contributed by atoms with Crippen LogP contribution in [0.15, 0.2) is 24.5 Å². The highest BCUT2D eigenvalue weighted by molar-refractivity contribution is 5.04. The van der Waals surface area contributed by atoms with Gasteiger partial charge in [0.2, 0.25) is 0 Å². The SMILES string of the molecule is CCc1ccc[n+](CC)c1.